The molecule has 1 aliphatic rings. The Hall–Kier alpha value is -0.370. The van der Waals surface area contributed by atoms with Gasteiger partial charge >= 0.3 is 0 Å². The molecule has 2 N–H and O–H groups in total. The Morgan fingerprint density at radius 2 is 2.38 bits per heavy atom. The highest BCUT2D eigenvalue weighted by molar-refractivity contribution is 8.03. The lowest BCUT2D eigenvalue weighted by molar-refractivity contribution is 1.37. The van der Waals surface area contributed by atoms with Gasteiger partial charge in [0, 0.05) is 5.75 Å². The number of rotatable bonds is 0. The minimum atomic E-state index is 0.926. The Bertz CT molecular complexity index is 129. The van der Waals surface area contributed by atoms with Gasteiger partial charge in [0.05, 0.1) is 5.03 Å². The third-order valence-electron chi connectivity index (χ3n) is 0.999. The molecule has 1 heterocycles. The van der Waals surface area contributed by atoms with Crippen LogP contribution in [0.2, 0.25) is 0 Å². The summed E-state index contributed by atoms with van der Waals surface area (Å²) in [6.07, 6.45) is 4.01. The highest BCUT2D eigenvalue weighted by Crippen LogP contribution is 2.18. The fourth-order valence-corrected chi connectivity index (χ4v) is 1.17. The zero-order valence-electron chi connectivity index (χ0n) is 4.85. The van der Waals surface area contributed by atoms with Crippen molar-refractivity contribution < 1.29 is 0 Å². The van der Waals surface area contributed by atoms with Crippen LogP contribution in [-0.2, 0) is 0 Å². The number of nitrogens with two attached hydrogens (primary N) is 1. The second-order valence-electron chi connectivity index (χ2n) is 1.87. The highest BCUT2D eigenvalue weighted by Gasteiger charge is 1.96. The third kappa shape index (κ3) is 1.30. The summed E-state index contributed by atoms with van der Waals surface area (Å²) in [5.74, 6) is 1.06. The maximum atomic E-state index is 5.48. The van der Waals surface area contributed by atoms with Crippen molar-refractivity contribution in [1.29, 1.82) is 0 Å². The second kappa shape index (κ2) is 2.27. The largest absolute Gasteiger partial charge is 0.394 e. The van der Waals surface area contributed by atoms with E-state index in [1.165, 1.54) is 5.57 Å². The predicted molar refractivity (Wildman–Crippen MR) is 38.5 cm³/mol. The molecule has 0 fully saturated rings. The van der Waals surface area contributed by atoms with Crippen molar-refractivity contribution in [3.63, 3.8) is 0 Å². The van der Waals surface area contributed by atoms with Crippen molar-refractivity contribution in [3.05, 3.63) is 22.8 Å². The fraction of sp³-hybridized carbons (Fsp3) is 0.333. The molecule has 0 bridgehead atoms. The molecule has 0 aromatic carbocycles. The molecule has 0 amide bonds. The van der Waals surface area contributed by atoms with Crippen molar-refractivity contribution in [2.45, 2.75) is 6.92 Å². The standard InChI is InChI=1S/C6H9NS/c1-5-2-3-6(7)8-4-5/h2-3H,4,7H2,1H3. The van der Waals surface area contributed by atoms with Crippen LogP contribution in [0.4, 0.5) is 0 Å². The van der Waals surface area contributed by atoms with Crippen molar-refractivity contribution in [2.75, 3.05) is 5.75 Å². The van der Waals surface area contributed by atoms with E-state index in [-0.39, 0.29) is 0 Å². The van der Waals surface area contributed by atoms with Crippen molar-refractivity contribution in [2.24, 2.45) is 5.73 Å². The highest BCUT2D eigenvalue weighted by atomic mass is 32.2. The predicted octanol–water partition coefficient (Wildman–Crippen LogP) is 1.48. The van der Waals surface area contributed by atoms with Crippen LogP contribution in [-0.4, -0.2) is 5.75 Å². The van der Waals surface area contributed by atoms with E-state index in [4.69, 9.17) is 5.73 Å². The van der Waals surface area contributed by atoms with Crippen LogP contribution in [0, 0.1) is 0 Å². The number of hydrogen-bond acceptors (Lipinski definition) is 2. The molecular weight excluding hydrogens is 118 g/mol. The second-order valence-corrected chi connectivity index (χ2v) is 2.92. The average Bonchev–Trinajstić information content (AvgIpc) is 1.77. The molecule has 0 aromatic rings. The Kier molecular flexibility index (Phi) is 1.63. The number of hydrogen-bond donors (Lipinski definition) is 1. The van der Waals surface area contributed by atoms with Gasteiger partial charge in [0.2, 0.25) is 0 Å². The van der Waals surface area contributed by atoms with Gasteiger partial charge in [-0.1, -0.05) is 11.6 Å². The van der Waals surface area contributed by atoms with E-state index in [0.29, 0.717) is 0 Å². The molecule has 0 saturated heterocycles. The van der Waals surface area contributed by atoms with Gasteiger partial charge in [-0.15, -0.1) is 11.8 Å². The Morgan fingerprint density at radius 3 is 2.75 bits per heavy atom. The van der Waals surface area contributed by atoms with Crippen LogP contribution in [0.1, 0.15) is 6.92 Å². The molecule has 1 aliphatic heterocycles. The number of allylic oxidation sites excluding steroid dienone is 2. The minimum absolute atomic E-state index is 0.926. The van der Waals surface area contributed by atoms with E-state index in [0.717, 1.165) is 10.8 Å². The first kappa shape index (κ1) is 5.76. The van der Waals surface area contributed by atoms with Crippen molar-refractivity contribution >= 4 is 11.8 Å². The lowest BCUT2D eigenvalue weighted by atomic mass is 10.3. The maximum absolute atomic E-state index is 5.48. The first-order valence-corrected chi connectivity index (χ1v) is 3.53. The van der Waals surface area contributed by atoms with Gasteiger partial charge in [-0.3, -0.25) is 0 Å². The van der Waals surface area contributed by atoms with Crippen LogP contribution in [0.25, 0.3) is 0 Å². The lowest BCUT2D eigenvalue weighted by Gasteiger charge is -2.05. The van der Waals surface area contributed by atoms with Crippen molar-refractivity contribution in [3.8, 4) is 0 Å². The molecule has 1 nitrogen and oxygen atoms in total. The van der Waals surface area contributed by atoms with E-state index in [1.54, 1.807) is 11.8 Å². The summed E-state index contributed by atoms with van der Waals surface area (Å²) in [7, 11) is 0. The molecule has 1 rings (SSSR count). The van der Waals surface area contributed by atoms with Crippen LogP contribution in [0.15, 0.2) is 22.8 Å². The lowest BCUT2D eigenvalue weighted by Crippen LogP contribution is -1.97. The summed E-state index contributed by atoms with van der Waals surface area (Å²) >= 11 is 1.70. The zero-order valence-corrected chi connectivity index (χ0v) is 5.66. The van der Waals surface area contributed by atoms with E-state index >= 15 is 0 Å². The summed E-state index contributed by atoms with van der Waals surface area (Å²) in [5.41, 5.74) is 6.87. The Labute approximate surface area is 53.6 Å². The molecule has 2 heteroatoms. The third-order valence-corrected chi connectivity index (χ3v) is 2.07. The summed E-state index contributed by atoms with van der Waals surface area (Å²) < 4.78 is 0. The minimum Gasteiger partial charge on any atom is -0.394 e. The fourth-order valence-electron chi connectivity index (χ4n) is 0.518. The molecule has 0 saturated carbocycles. The molecule has 0 unspecified atom stereocenters. The summed E-state index contributed by atoms with van der Waals surface area (Å²) in [5, 5.41) is 0.926. The van der Waals surface area contributed by atoms with Gasteiger partial charge in [0.1, 0.15) is 0 Å². The van der Waals surface area contributed by atoms with Gasteiger partial charge in [0.15, 0.2) is 0 Å². The molecule has 0 spiro atoms. The van der Waals surface area contributed by atoms with Crippen LogP contribution in [0.3, 0.4) is 0 Å². The summed E-state index contributed by atoms with van der Waals surface area (Å²) in [6.45, 7) is 2.11. The van der Waals surface area contributed by atoms with Gasteiger partial charge in [0.25, 0.3) is 0 Å². The topological polar surface area (TPSA) is 26.0 Å². The Balaban J connectivity index is 2.65. The van der Waals surface area contributed by atoms with Gasteiger partial charge in [-0.05, 0) is 13.0 Å². The first-order chi connectivity index (χ1) is 3.79. The quantitative estimate of drug-likeness (QED) is 0.533. The van der Waals surface area contributed by atoms with Gasteiger partial charge in [-0.25, -0.2) is 0 Å². The average molecular weight is 127 g/mol. The monoisotopic (exact) mass is 127 g/mol. The summed E-state index contributed by atoms with van der Waals surface area (Å²) in [6, 6.07) is 0. The molecular formula is C6H9NS. The smallest absolute Gasteiger partial charge is 0.0658 e. The molecule has 0 atom stereocenters. The van der Waals surface area contributed by atoms with E-state index in [1.807, 2.05) is 6.08 Å². The Morgan fingerprint density at radius 1 is 1.62 bits per heavy atom. The maximum Gasteiger partial charge on any atom is 0.0658 e. The zero-order chi connectivity index (χ0) is 5.98. The normalized spacial score (nSPS) is 19.6. The van der Waals surface area contributed by atoms with Crippen LogP contribution in [0.5, 0.6) is 0 Å². The van der Waals surface area contributed by atoms with E-state index in [2.05, 4.69) is 13.0 Å². The van der Waals surface area contributed by atoms with Crippen molar-refractivity contribution in [1.82, 2.24) is 0 Å². The number of thioether (sulfide) groups is 1. The first-order valence-electron chi connectivity index (χ1n) is 2.55. The SMILES string of the molecule is CC1=CC=C(N)SC1. The summed E-state index contributed by atoms with van der Waals surface area (Å²) in [4.78, 5) is 0. The van der Waals surface area contributed by atoms with E-state index < -0.39 is 0 Å². The van der Waals surface area contributed by atoms with E-state index in [9.17, 15) is 0 Å². The molecule has 0 radical (unpaired) electrons. The molecule has 0 aromatic heterocycles. The van der Waals surface area contributed by atoms with Gasteiger partial charge < -0.3 is 5.73 Å². The molecule has 44 valence electrons. The van der Waals surface area contributed by atoms with Crippen LogP contribution >= 0.6 is 11.8 Å². The molecule has 8 heavy (non-hydrogen) atoms. The van der Waals surface area contributed by atoms with Crippen LogP contribution < -0.4 is 5.73 Å². The van der Waals surface area contributed by atoms with Gasteiger partial charge in [-0.2, -0.15) is 0 Å². The molecule has 0 aliphatic carbocycles.